The predicted octanol–water partition coefficient (Wildman–Crippen LogP) is 4.49. The summed E-state index contributed by atoms with van der Waals surface area (Å²) in [4.78, 5) is 27.2. The second kappa shape index (κ2) is 6.58. The second-order valence-electron chi connectivity index (χ2n) is 5.08. The Kier molecular flexibility index (Phi) is 4.50. The van der Waals surface area contributed by atoms with Crippen LogP contribution in [0.2, 0.25) is 0 Å². The van der Waals surface area contributed by atoms with E-state index in [9.17, 15) is 14.9 Å². The summed E-state index contributed by atoms with van der Waals surface area (Å²) in [5.41, 5.74) is 2.40. The third kappa shape index (κ3) is 3.24. The molecular weight excluding hydrogens is 346 g/mol. The van der Waals surface area contributed by atoms with Crippen LogP contribution in [0.3, 0.4) is 0 Å². The second-order valence-corrected chi connectivity index (χ2v) is 7.16. The number of hydrogen-bond donors (Lipinski definition) is 1. The van der Waals surface area contributed by atoms with Crippen molar-refractivity contribution in [2.24, 2.45) is 0 Å². The molecule has 0 spiro atoms. The molecule has 0 radical (unpaired) electrons. The third-order valence-corrected chi connectivity index (χ3v) is 5.46. The van der Waals surface area contributed by atoms with Crippen LogP contribution >= 0.6 is 23.1 Å². The van der Waals surface area contributed by atoms with Gasteiger partial charge in [0.1, 0.15) is 0 Å². The van der Waals surface area contributed by atoms with Crippen molar-refractivity contribution < 1.29 is 9.72 Å². The zero-order valence-corrected chi connectivity index (χ0v) is 14.5. The maximum Gasteiger partial charge on any atom is 0.272 e. The lowest BCUT2D eigenvalue weighted by Gasteiger charge is -2.06. The summed E-state index contributed by atoms with van der Waals surface area (Å²) in [7, 11) is 0. The fourth-order valence-electron chi connectivity index (χ4n) is 2.27. The molecule has 122 valence electrons. The molecule has 1 heterocycles. The quantitative estimate of drug-likeness (QED) is 0.421. The summed E-state index contributed by atoms with van der Waals surface area (Å²) in [6, 6.07) is 9.86. The molecule has 3 rings (SSSR count). The van der Waals surface area contributed by atoms with Gasteiger partial charge in [0, 0.05) is 22.9 Å². The molecule has 8 heteroatoms. The van der Waals surface area contributed by atoms with E-state index in [1.807, 2.05) is 18.4 Å². The number of nitrogens with one attached hydrogen (secondary N) is 1. The monoisotopic (exact) mass is 359 g/mol. The number of anilines is 1. The fraction of sp³-hybridized carbons (Fsp3) is 0.125. The Morgan fingerprint density at radius 1 is 1.29 bits per heavy atom. The lowest BCUT2D eigenvalue weighted by atomic mass is 10.1. The van der Waals surface area contributed by atoms with Gasteiger partial charge in [0.25, 0.3) is 11.6 Å². The van der Waals surface area contributed by atoms with Crippen LogP contribution in [0.1, 0.15) is 15.9 Å². The Balaban J connectivity index is 1.84. The van der Waals surface area contributed by atoms with E-state index < -0.39 is 4.92 Å². The first-order valence-electron chi connectivity index (χ1n) is 6.99. The number of thioether (sulfide) groups is 1. The molecule has 6 nitrogen and oxygen atoms in total. The molecular formula is C16H13N3O3S2. The van der Waals surface area contributed by atoms with Gasteiger partial charge in [-0.25, -0.2) is 4.98 Å². The molecule has 0 aliphatic heterocycles. The Morgan fingerprint density at radius 2 is 2.08 bits per heavy atom. The van der Waals surface area contributed by atoms with E-state index in [4.69, 9.17) is 0 Å². The maximum atomic E-state index is 12.3. The maximum absolute atomic E-state index is 12.3. The summed E-state index contributed by atoms with van der Waals surface area (Å²) in [6.07, 6.45) is 1.97. The molecule has 1 N–H and O–H groups in total. The zero-order chi connectivity index (χ0) is 17.3. The number of fused-ring (bicyclic) bond motifs is 1. The topological polar surface area (TPSA) is 85.1 Å². The van der Waals surface area contributed by atoms with E-state index in [1.165, 1.54) is 18.2 Å². The van der Waals surface area contributed by atoms with E-state index in [0.29, 0.717) is 16.8 Å². The molecule has 0 aliphatic rings. The smallest absolute Gasteiger partial charge is 0.272 e. The summed E-state index contributed by atoms with van der Waals surface area (Å²) in [5, 5.41) is 13.7. The van der Waals surface area contributed by atoms with Gasteiger partial charge in [-0.05, 0) is 43.5 Å². The minimum Gasteiger partial charge on any atom is -0.322 e. The molecule has 0 saturated heterocycles. The van der Waals surface area contributed by atoms with E-state index in [1.54, 1.807) is 36.1 Å². The highest BCUT2D eigenvalue weighted by Gasteiger charge is 2.14. The van der Waals surface area contributed by atoms with E-state index in [0.717, 1.165) is 14.6 Å². The minimum absolute atomic E-state index is 0.00206. The zero-order valence-electron chi connectivity index (χ0n) is 12.9. The Morgan fingerprint density at radius 3 is 2.75 bits per heavy atom. The van der Waals surface area contributed by atoms with Crippen LogP contribution in [0.25, 0.3) is 10.2 Å². The average molecular weight is 359 g/mol. The van der Waals surface area contributed by atoms with Crippen LogP contribution in [0.15, 0.2) is 40.7 Å². The van der Waals surface area contributed by atoms with Crippen LogP contribution in [0, 0.1) is 17.0 Å². The number of amides is 1. The van der Waals surface area contributed by atoms with Crippen LogP contribution in [0.4, 0.5) is 11.4 Å². The number of carbonyl (C=O) groups excluding carboxylic acids is 1. The molecule has 24 heavy (non-hydrogen) atoms. The van der Waals surface area contributed by atoms with Gasteiger partial charge in [0.15, 0.2) is 4.34 Å². The van der Waals surface area contributed by atoms with Gasteiger partial charge in [-0.3, -0.25) is 14.9 Å². The van der Waals surface area contributed by atoms with E-state index >= 15 is 0 Å². The van der Waals surface area contributed by atoms with Crippen LogP contribution in [-0.4, -0.2) is 22.1 Å². The molecule has 0 aliphatic carbocycles. The van der Waals surface area contributed by atoms with Crippen molar-refractivity contribution in [1.82, 2.24) is 4.98 Å². The van der Waals surface area contributed by atoms with Crippen LogP contribution in [-0.2, 0) is 0 Å². The third-order valence-electron chi connectivity index (χ3n) is 3.46. The molecule has 0 fully saturated rings. The molecule has 0 saturated carbocycles. The van der Waals surface area contributed by atoms with Gasteiger partial charge >= 0.3 is 0 Å². The van der Waals surface area contributed by atoms with Crippen LogP contribution in [0.5, 0.6) is 0 Å². The molecule has 3 aromatic rings. The van der Waals surface area contributed by atoms with Gasteiger partial charge in [0.2, 0.25) is 0 Å². The molecule has 1 amide bonds. The van der Waals surface area contributed by atoms with Crippen molar-refractivity contribution in [2.45, 2.75) is 11.3 Å². The minimum atomic E-state index is -0.460. The molecule has 2 aromatic carbocycles. The number of aromatic nitrogens is 1. The van der Waals surface area contributed by atoms with Gasteiger partial charge in [-0.2, -0.15) is 0 Å². The highest BCUT2D eigenvalue weighted by atomic mass is 32.2. The Hall–Kier alpha value is -2.45. The number of hydrogen-bond acceptors (Lipinski definition) is 6. The van der Waals surface area contributed by atoms with Crippen molar-refractivity contribution in [3.63, 3.8) is 0 Å². The molecule has 0 bridgehead atoms. The van der Waals surface area contributed by atoms with Crippen molar-refractivity contribution in [3.8, 4) is 0 Å². The van der Waals surface area contributed by atoms with Crippen molar-refractivity contribution >= 4 is 50.6 Å². The highest BCUT2D eigenvalue weighted by Crippen LogP contribution is 2.30. The van der Waals surface area contributed by atoms with E-state index in [2.05, 4.69) is 10.3 Å². The normalized spacial score (nSPS) is 10.8. The lowest BCUT2D eigenvalue weighted by molar-refractivity contribution is -0.385. The number of aryl methyl sites for hydroxylation is 1. The number of rotatable bonds is 4. The summed E-state index contributed by atoms with van der Waals surface area (Å²) in [5.74, 6) is -0.304. The summed E-state index contributed by atoms with van der Waals surface area (Å²) < 4.78 is 1.97. The van der Waals surface area contributed by atoms with Crippen molar-refractivity contribution in [1.29, 1.82) is 0 Å². The number of nitro groups is 1. The first-order chi connectivity index (χ1) is 11.5. The van der Waals surface area contributed by atoms with Gasteiger partial charge in [-0.1, -0.05) is 11.8 Å². The SMILES string of the molecule is CSc1nc2ccc(NC(=O)c3ccc([N+](=O)[O-])c(C)c3)cc2s1. The van der Waals surface area contributed by atoms with Gasteiger partial charge < -0.3 is 5.32 Å². The van der Waals surface area contributed by atoms with E-state index in [-0.39, 0.29) is 11.6 Å². The van der Waals surface area contributed by atoms with Gasteiger partial charge in [0.05, 0.1) is 15.1 Å². The number of nitrogens with zero attached hydrogens (tertiary/aromatic N) is 2. The molecule has 0 unspecified atom stereocenters. The van der Waals surface area contributed by atoms with Crippen molar-refractivity contribution in [3.05, 3.63) is 57.6 Å². The largest absolute Gasteiger partial charge is 0.322 e. The lowest BCUT2D eigenvalue weighted by Crippen LogP contribution is -2.12. The fourth-order valence-corrected chi connectivity index (χ4v) is 3.80. The number of nitro benzene ring substituents is 1. The first-order valence-corrected chi connectivity index (χ1v) is 9.03. The predicted molar refractivity (Wildman–Crippen MR) is 97.2 cm³/mol. The van der Waals surface area contributed by atoms with Gasteiger partial charge in [-0.15, -0.1) is 11.3 Å². The first kappa shape index (κ1) is 16.4. The number of carbonyl (C=O) groups is 1. The average Bonchev–Trinajstić information content (AvgIpc) is 2.96. The van der Waals surface area contributed by atoms with Crippen molar-refractivity contribution in [2.75, 3.05) is 11.6 Å². The highest BCUT2D eigenvalue weighted by molar-refractivity contribution is 8.00. The standard InChI is InChI=1S/C16H13N3O3S2/c1-9-7-10(3-6-13(9)19(21)22)15(20)17-11-4-5-12-14(8-11)24-16(18-12)23-2/h3-8H,1-2H3,(H,17,20). The summed E-state index contributed by atoms with van der Waals surface area (Å²) in [6.45, 7) is 1.61. The summed E-state index contributed by atoms with van der Waals surface area (Å²) >= 11 is 3.15. The Bertz CT molecular complexity index is 953. The Labute approximate surface area is 146 Å². The number of benzene rings is 2. The van der Waals surface area contributed by atoms with Crippen LogP contribution < -0.4 is 5.32 Å². The molecule has 0 atom stereocenters. The number of thiazole rings is 1. The molecule has 1 aromatic heterocycles.